The fourth-order valence-corrected chi connectivity index (χ4v) is 4.47. The fourth-order valence-electron chi connectivity index (χ4n) is 3.18. The van der Waals surface area contributed by atoms with E-state index in [9.17, 15) is 10.1 Å². The van der Waals surface area contributed by atoms with E-state index >= 15 is 0 Å². The van der Waals surface area contributed by atoms with Gasteiger partial charge < -0.3 is 0 Å². The molecule has 3 nitrogen and oxygen atoms in total. The quantitative estimate of drug-likeness (QED) is 0.498. The normalized spacial score (nSPS) is 28.4. The number of hydrogen-bond donors (Lipinski definition) is 0. The summed E-state index contributed by atoms with van der Waals surface area (Å²) in [5, 5.41) is 10.4. The van der Waals surface area contributed by atoms with Gasteiger partial charge in [-0.05, 0) is 27.7 Å². The third kappa shape index (κ3) is 4.74. The minimum absolute atomic E-state index is 0.0250. The van der Waals surface area contributed by atoms with Crippen molar-refractivity contribution in [2.75, 3.05) is 5.75 Å². The second kappa shape index (κ2) is 8.69. The molecule has 0 amide bonds. The average Bonchev–Trinajstić information content (AvgIpc) is 2.54. The monoisotopic (exact) mass is 374 g/mol. The zero-order valence-corrected chi connectivity index (χ0v) is 16.6. The van der Waals surface area contributed by atoms with Crippen LogP contribution in [0.5, 0.6) is 0 Å². The van der Waals surface area contributed by atoms with Gasteiger partial charge in [-0.3, -0.25) is 4.79 Å². The first kappa shape index (κ1) is 19.8. The first-order chi connectivity index (χ1) is 11.8. The molecule has 2 aliphatic rings. The lowest BCUT2D eigenvalue weighted by Crippen LogP contribution is -2.36. The van der Waals surface area contributed by atoms with Crippen molar-refractivity contribution >= 4 is 34.9 Å². The lowest BCUT2D eigenvalue weighted by molar-refractivity contribution is -0.120. The minimum atomic E-state index is -0.367. The molecule has 0 saturated carbocycles. The Morgan fingerprint density at radius 3 is 2.48 bits per heavy atom. The van der Waals surface area contributed by atoms with Gasteiger partial charge in [0, 0.05) is 23.3 Å². The lowest BCUT2D eigenvalue weighted by atomic mass is 9.71. The van der Waals surface area contributed by atoms with Crippen molar-refractivity contribution < 1.29 is 4.79 Å². The Morgan fingerprint density at radius 1 is 1.32 bits per heavy atom. The van der Waals surface area contributed by atoms with Crippen molar-refractivity contribution in [3.8, 4) is 6.07 Å². The summed E-state index contributed by atoms with van der Waals surface area (Å²) in [5.41, 5.74) is 2.61. The second-order valence-electron chi connectivity index (χ2n) is 6.58. The van der Waals surface area contributed by atoms with E-state index in [1.165, 1.54) is 5.57 Å². The SMILES string of the molecule is CC(=O)C1C(C)=NC(SCC=C(C)C)=C(C#N)[C@@H]1C1C=CC(Cl)C=C1. The Labute approximate surface area is 159 Å². The molecule has 5 heteroatoms. The molecule has 1 aliphatic carbocycles. The van der Waals surface area contributed by atoms with E-state index in [-0.39, 0.29) is 28.9 Å². The summed E-state index contributed by atoms with van der Waals surface area (Å²) in [6.07, 6.45) is 9.95. The van der Waals surface area contributed by atoms with Crippen LogP contribution in [-0.2, 0) is 4.79 Å². The number of halogens is 1. The molecule has 132 valence electrons. The van der Waals surface area contributed by atoms with Gasteiger partial charge in [-0.1, -0.05) is 36.0 Å². The summed E-state index contributed by atoms with van der Waals surface area (Å²) in [6, 6.07) is 2.33. The number of nitriles is 1. The van der Waals surface area contributed by atoms with E-state index in [0.717, 1.165) is 16.5 Å². The molecule has 25 heavy (non-hydrogen) atoms. The van der Waals surface area contributed by atoms with Gasteiger partial charge in [-0.2, -0.15) is 5.26 Å². The van der Waals surface area contributed by atoms with E-state index in [2.05, 4.69) is 17.1 Å². The highest BCUT2D eigenvalue weighted by molar-refractivity contribution is 8.03. The molecule has 0 bridgehead atoms. The van der Waals surface area contributed by atoms with E-state index in [1.54, 1.807) is 18.7 Å². The molecule has 0 N–H and O–H groups in total. The van der Waals surface area contributed by atoms with Crippen molar-refractivity contribution in [2.24, 2.45) is 22.7 Å². The Hall–Kier alpha value is -1.57. The molecule has 1 aliphatic heterocycles. The highest BCUT2D eigenvalue weighted by Gasteiger charge is 2.40. The van der Waals surface area contributed by atoms with Gasteiger partial charge in [-0.25, -0.2) is 4.99 Å². The van der Waals surface area contributed by atoms with Gasteiger partial charge in [0.2, 0.25) is 0 Å². The molecule has 2 rings (SSSR count). The predicted octanol–water partition coefficient (Wildman–Crippen LogP) is 5.07. The van der Waals surface area contributed by atoms with E-state index in [4.69, 9.17) is 11.6 Å². The van der Waals surface area contributed by atoms with E-state index in [0.29, 0.717) is 5.57 Å². The molecule has 0 saturated heterocycles. The van der Waals surface area contributed by atoms with Crippen LogP contribution >= 0.6 is 23.4 Å². The third-order valence-electron chi connectivity index (χ3n) is 4.37. The Bertz CT molecular complexity index is 721. The molecule has 0 aromatic heterocycles. The maximum atomic E-state index is 12.3. The van der Waals surface area contributed by atoms with Gasteiger partial charge in [-0.15, -0.1) is 23.4 Å². The highest BCUT2D eigenvalue weighted by atomic mass is 35.5. The Balaban J connectivity index is 2.44. The second-order valence-corrected chi connectivity index (χ2v) is 8.09. The molecule has 1 heterocycles. The predicted molar refractivity (Wildman–Crippen MR) is 107 cm³/mol. The van der Waals surface area contributed by atoms with Crippen LogP contribution in [0.25, 0.3) is 0 Å². The van der Waals surface area contributed by atoms with Crippen LogP contribution in [0.15, 0.2) is 51.5 Å². The number of carbonyl (C=O) groups is 1. The molecule has 0 radical (unpaired) electrons. The molecule has 1 unspecified atom stereocenters. The standard InChI is InChI=1S/C20H23ClN2OS/c1-12(2)9-10-25-20-17(11-22)19(15-5-7-16(21)8-6-15)18(14(4)24)13(3)23-20/h5-9,15-16,18-19H,10H2,1-4H3/t15?,16?,18?,19-/m0/s1. The smallest absolute Gasteiger partial charge is 0.139 e. The number of aliphatic imine (C=N–C) groups is 1. The molecule has 0 aromatic rings. The summed E-state index contributed by atoms with van der Waals surface area (Å²) in [7, 11) is 0. The number of rotatable bonds is 5. The van der Waals surface area contributed by atoms with Crippen LogP contribution in [0, 0.1) is 29.1 Å². The van der Waals surface area contributed by atoms with E-state index < -0.39 is 0 Å². The van der Waals surface area contributed by atoms with Crippen LogP contribution < -0.4 is 0 Å². The largest absolute Gasteiger partial charge is 0.299 e. The van der Waals surface area contributed by atoms with Crippen molar-refractivity contribution in [3.63, 3.8) is 0 Å². The number of ketones is 1. The number of allylic oxidation sites excluding steroid dienone is 6. The molecular weight excluding hydrogens is 352 g/mol. The maximum Gasteiger partial charge on any atom is 0.139 e. The molecule has 2 atom stereocenters. The van der Waals surface area contributed by atoms with Gasteiger partial charge in [0.25, 0.3) is 0 Å². The maximum absolute atomic E-state index is 12.3. The van der Waals surface area contributed by atoms with Gasteiger partial charge >= 0.3 is 0 Å². The zero-order chi connectivity index (χ0) is 18.6. The summed E-state index contributed by atoms with van der Waals surface area (Å²) >= 11 is 7.65. The molecule has 0 aromatic carbocycles. The fraction of sp³-hybridized carbons (Fsp3) is 0.450. The van der Waals surface area contributed by atoms with Crippen LogP contribution in [-0.4, -0.2) is 22.6 Å². The number of Topliss-reactive ketones (excluding diaryl/α,β-unsaturated/α-hetero) is 1. The van der Waals surface area contributed by atoms with Crippen molar-refractivity contribution in [2.45, 2.75) is 33.1 Å². The zero-order valence-electron chi connectivity index (χ0n) is 15.0. The Morgan fingerprint density at radius 2 is 1.96 bits per heavy atom. The summed E-state index contributed by atoms with van der Waals surface area (Å²) in [5.74, 6) is 0.196. The molecule has 0 fully saturated rings. The van der Waals surface area contributed by atoms with Crippen molar-refractivity contribution in [3.05, 3.63) is 46.6 Å². The number of nitrogens with zero attached hydrogens (tertiary/aromatic N) is 2. The van der Waals surface area contributed by atoms with Crippen LogP contribution in [0.3, 0.4) is 0 Å². The number of hydrogen-bond acceptors (Lipinski definition) is 4. The van der Waals surface area contributed by atoms with Gasteiger partial charge in [0.1, 0.15) is 10.8 Å². The lowest BCUT2D eigenvalue weighted by Gasteiger charge is -2.34. The number of thioether (sulfide) groups is 1. The summed E-state index contributed by atoms with van der Waals surface area (Å²) in [6.45, 7) is 7.55. The topological polar surface area (TPSA) is 53.2 Å². The average molecular weight is 375 g/mol. The van der Waals surface area contributed by atoms with Crippen molar-refractivity contribution in [1.29, 1.82) is 5.26 Å². The number of alkyl halides is 1. The van der Waals surface area contributed by atoms with Gasteiger partial charge in [0.15, 0.2) is 0 Å². The van der Waals surface area contributed by atoms with Gasteiger partial charge in [0.05, 0.1) is 22.9 Å². The minimum Gasteiger partial charge on any atom is -0.299 e. The highest BCUT2D eigenvalue weighted by Crippen LogP contribution is 2.41. The summed E-state index contributed by atoms with van der Waals surface area (Å²) in [4.78, 5) is 16.9. The summed E-state index contributed by atoms with van der Waals surface area (Å²) < 4.78 is 0. The number of carbonyl (C=O) groups excluding carboxylic acids is 1. The van der Waals surface area contributed by atoms with Crippen molar-refractivity contribution in [1.82, 2.24) is 0 Å². The van der Waals surface area contributed by atoms with E-state index in [1.807, 2.05) is 45.1 Å². The third-order valence-corrected chi connectivity index (χ3v) is 5.58. The Kier molecular flexibility index (Phi) is 6.87. The molecule has 0 spiro atoms. The van der Waals surface area contributed by atoms with Crippen LogP contribution in [0.2, 0.25) is 0 Å². The molecular formula is C20H23ClN2OS. The van der Waals surface area contributed by atoms with Crippen LogP contribution in [0.4, 0.5) is 0 Å². The first-order valence-electron chi connectivity index (χ1n) is 8.32. The van der Waals surface area contributed by atoms with Crippen LogP contribution in [0.1, 0.15) is 27.7 Å². The first-order valence-corrected chi connectivity index (χ1v) is 9.74.